The zero-order valence-electron chi connectivity index (χ0n) is 28.5. The number of rotatable bonds is 8. The fourth-order valence-electron chi connectivity index (χ4n) is 8.76. The normalized spacial score (nSPS) is 34.1. The van der Waals surface area contributed by atoms with Crippen molar-refractivity contribution in [3.05, 3.63) is 57.7 Å². The fraction of sp³-hybridized carbons (Fsp3) is 0.553. The van der Waals surface area contributed by atoms with Crippen molar-refractivity contribution in [1.82, 2.24) is 0 Å². The summed E-state index contributed by atoms with van der Waals surface area (Å²) < 4.78 is 20.5. The Morgan fingerprint density at radius 2 is 1.68 bits per heavy atom. The number of allylic oxidation sites excluding steroid dienone is 4. The number of fused-ring (bicyclic) bond motifs is 2. The van der Waals surface area contributed by atoms with E-state index in [-0.39, 0.29) is 35.5 Å². The third-order valence-electron chi connectivity index (χ3n) is 11.1. The molecule has 7 rings (SSSR count). The van der Waals surface area contributed by atoms with Crippen LogP contribution in [-0.4, -0.2) is 61.4 Å². The number of carboxylic acids is 1. The molecule has 3 aliphatic carbocycles. The van der Waals surface area contributed by atoms with E-state index < -0.39 is 63.8 Å². The van der Waals surface area contributed by atoms with Crippen LogP contribution in [-0.2, 0) is 20.7 Å². The lowest BCUT2D eigenvalue weighted by Crippen LogP contribution is -2.80. The number of hydrogen-bond donors (Lipinski definition) is 3. The number of benzene rings is 1. The quantitative estimate of drug-likeness (QED) is 0.220. The summed E-state index contributed by atoms with van der Waals surface area (Å²) in [6.07, 6.45) is 9.79. The van der Waals surface area contributed by atoms with Gasteiger partial charge in [0.2, 0.25) is 0 Å². The molecule has 0 amide bonds. The molecule has 0 radical (unpaired) electrons. The number of aliphatic hydroxyl groups excluding tert-OH is 1. The van der Waals surface area contributed by atoms with Crippen molar-refractivity contribution in [3.63, 3.8) is 0 Å². The Labute approximate surface area is 276 Å². The van der Waals surface area contributed by atoms with Crippen LogP contribution in [0.15, 0.2) is 41.0 Å². The molecule has 4 unspecified atom stereocenters. The van der Waals surface area contributed by atoms with Crippen molar-refractivity contribution >= 4 is 23.6 Å². The van der Waals surface area contributed by atoms with Gasteiger partial charge in [-0.15, -0.1) is 0 Å². The minimum absolute atomic E-state index is 0.0260. The summed E-state index contributed by atoms with van der Waals surface area (Å²) in [5.74, 6) is -4.44. The van der Waals surface area contributed by atoms with Crippen molar-refractivity contribution < 1.29 is 43.9 Å². The van der Waals surface area contributed by atoms with Gasteiger partial charge in [0.25, 0.3) is 0 Å². The Morgan fingerprint density at radius 3 is 2.32 bits per heavy atom. The first-order valence-electron chi connectivity index (χ1n) is 16.5. The first-order chi connectivity index (χ1) is 21.9. The van der Waals surface area contributed by atoms with Crippen LogP contribution in [0.5, 0.6) is 17.2 Å². The van der Waals surface area contributed by atoms with E-state index in [1.165, 1.54) is 18.6 Å². The second kappa shape index (κ2) is 10.9. The van der Waals surface area contributed by atoms with Gasteiger partial charge in [-0.2, -0.15) is 0 Å². The Kier molecular flexibility index (Phi) is 7.72. The van der Waals surface area contributed by atoms with Gasteiger partial charge in [-0.25, -0.2) is 4.79 Å². The standard InChI is InChI=1S/C38H46O9/c1-19(2)10-9-15-36(8)16-14-22-28(39)26-30(41)27-29(40)24-18-25-35(6,7)47-37(33(24)42,17-13-21(5)34(43)44)38(25,27)46-32(26)23(31(22)45-36)12-11-20(3)4/h10-11,13-14,16,24-25,27,29,39-40H,9,12,15,17-18H2,1-8H3,(H,43,44)/b21-13-/t24?,25?,27-,29+,36+,37?,38?/m0/s1. The molecule has 9 nitrogen and oxygen atoms in total. The molecular formula is C38H46O9. The third kappa shape index (κ3) is 4.67. The number of carboxylic acid groups (broad SMARTS) is 1. The zero-order chi connectivity index (χ0) is 34.4. The summed E-state index contributed by atoms with van der Waals surface area (Å²) >= 11 is 0. The first kappa shape index (κ1) is 33.2. The van der Waals surface area contributed by atoms with Gasteiger partial charge in [0.15, 0.2) is 22.8 Å². The van der Waals surface area contributed by atoms with E-state index in [2.05, 4.69) is 6.08 Å². The molecule has 1 aromatic carbocycles. The highest BCUT2D eigenvalue weighted by Crippen LogP contribution is 2.70. The maximum atomic E-state index is 14.8. The minimum Gasteiger partial charge on any atom is -0.506 e. The van der Waals surface area contributed by atoms with Gasteiger partial charge < -0.3 is 29.5 Å². The Bertz CT molecular complexity index is 1700. The number of aliphatic carboxylic acids is 1. The minimum atomic E-state index is -1.74. The summed E-state index contributed by atoms with van der Waals surface area (Å²) in [5.41, 5.74) is -1.91. The maximum absolute atomic E-state index is 14.8. The molecule has 1 spiro atoms. The molecule has 3 aliphatic heterocycles. The number of phenolic OH excluding ortho intramolecular Hbond substituents is 1. The molecule has 7 atom stereocenters. The van der Waals surface area contributed by atoms with Crippen molar-refractivity contribution in [1.29, 1.82) is 0 Å². The van der Waals surface area contributed by atoms with E-state index >= 15 is 0 Å². The van der Waals surface area contributed by atoms with Gasteiger partial charge >= 0.3 is 5.97 Å². The number of ketones is 2. The van der Waals surface area contributed by atoms with Crippen molar-refractivity contribution in [2.45, 2.75) is 116 Å². The van der Waals surface area contributed by atoms with Gasteiger partial charge in [-0.3, -0.25) is 9.59 Å². The number of aliphatic hydroxyl groups is 1. The number of ether oxygens (including phenoxy) is 3. The molecule has 4 bridgehead atoms. The average molecular weight is 647 g/mol. The summed E-state index contributed by atoms with van der Waals surface area (Å²) in [5, 5.41) is 33.2. The second-order valence-electron chi connectivity index (χ2n) is 15.2. The lowest BCUT2D eigenvalue weighted by molar-refractivity contribution is -0.220. The van der Waals surface area contributed by atoms with Gasteiger partial charge in [-0.05, 0) is 93.2 Å². The first-order valence-corrected chi connectivity index (χ1v) is 16.5. The van der Waals surface area contributed by atoms with E-state index in [0.29, 0.717) is 29.7 Å². The average Bonchev–Trinajstić information content (AvgIpc) is 3.10. The maximum Gasteiger partial charge on any atom is 0.330 e. The number of hydrogen-bond acceptors (Lipinski definition) is 8. The van der Waals surface area contributed by atoms with E-state index in [1.807, 2.05) is 60.6 Å². The monoisotopic (exact) mass is 646 g/mol. The van der Waals surface area contributed by atoms with Crippen LogP contribution in [0, 0.1) is 17.8 Å². The van der Waals surface area contributed by atoms with Gasteiger partial charge in [0.1, 0.15) is 28.4 Å². The van der Waals surface area contributed by atoms with Crippen LogP contribution in [0.2, 0.25) is 0 Å². The largest absolute Gasteiger partial charge is 0.506 e. The highest BCUT2D eigenvalue weighted by molar-refractivity contribution is 6.10. The topological polar surface area (TPSA) is 140 Å². The van der Waals surface area contributed by atoms with E-state index in [4.69, 9.17) is 14.2 Å². The molecule has 4 fully saturated rings. The highest BCUT2D eigenvalue weighted by Gasteiger charge is 2.85. The van der Waals surface area contributed by atoms with Crippen LogP contribution < -0.4 is 9.47 Å². The fourth-order valence-corrected chi connectivity index (χ4v) is 8.76. The molecule has 3 heterocycles. The summed E-state index contributed by atoms with van der Waals surface area (Å²) in [6, 6.07) is 0. The van der Waals surface area contributed by atoms with E-state index in [0.717, 1.165) is 12.0 Å². The number of phenols is 1. The second-order valence-corrected chi connectivity index (χ2v) is 15.2. The van der Waals surface area contributed by atoms with Crippen LogP contribution >= 0.6 is 0 Å². The molecule has 0 aromatic heterocycles. The SMILES string of the molecule is CC(C)=CCC[C@]1(C)C=Cc2c(O)c3c(c(CC=C(C)C)c2O1)OC12C4CC(C(=O)C1(C/C=C(/C)C(=O)O)OC4(C)C)[C@@H](O)[C@H]2C3=O. The number of carbonyl (C=O) groups is 3. The van der Waals surface area contributed by atoms with Crippen molar-refractivity contribution in [3.8, 4) is 17.2 Å². The van der Waals surface area contributed by atoms with E-state index in [1.54, 1.807) is 6.08 Å². The summed E-state index contributed by atoms with van der Waals surface area (Å²) in [7, 11) is 0. The Balaban J connectivity index is 1.60. The van der Waals surface area contributed by atoms with Gasteiger partial charge in [-0.1, -0.05) is 29.4 Å². The third-order valence-corrected chi connectivity index (χ3v) is 11.1. The molecular weight excluding hydrogens is 600 g/mol. The van der Waals surface area contributed by atoms with Crippen LogP contribution in [0.1, 0.15) is 103 Å². The summed E-state index contributed by atoms with van der Waals surface area (Å²) in [4.78, 5) is 41.1. The number of aromatic hydroxyl groups is 1. The van der Waals surface area contributed by atoms with Gasteiger partial charge in [0.05, 0.1) is 23.2 Å². The van der Waals surface area contributed by atoms with Crippen LogP contribution in [0.4, 0.5) is 0 Å². The number of Topliss-reactive ketones (excluding diaryl/α,β-unsaturated/α-hetero) is 2. The lowest BCUT2D eigenvalue weighted by atomic mass is 9.45. The Morgan fingerprint density at radius 1 is 1.00 bits per heavy atom. The predicted molar refractivity (Wildman–Crippen MR) is 176 cm³/mol. The molecule has 1 aromatic rings. The van der Waals surface area contributed by atoms with E-state index in [9.17, 15) is 29.7 Å². The lowest BCUT2D eigenvalue weighted by Gasteiger charge is -2.62. The van der Waals surface area contributed by atoms with Crippen LogP contribution in [0.25, 0.3) is 6.08 Å². The molecule has 3 N–H and O–H groups in total. The molecule has 3 saturated carbocycles. The highest BCUT2D eigenvalue weighted by atomic mass is 16.6. The van der Waals surface area contributed by atoms with Crippen molar-refractivity contribution in [2.24, 2.45) is 17.8 Å². The molecule has 47 heavy (non-hydrogen) atoms. The molecule has 9 heteroatoms. The van der Waals surface area contributed by atoms with Gasteiger partial charge in [0, 0.05) is 29.4 Å². The Hall–Kier alpha value is -3.69. The zero-order valence-corrected chi connectivity index (χ0v) is 28.5. The van der Waals surface area contributed by atoms with Crippen LogP contribution in [0.3, 0.4) is 0 Å². The smallest absolute Gasteiger partial charge is 0.330 e. The van der Waals surface area contributed by atoms with Crippen molar-refractivity contribution in [2.75, 3.05) is 0 Å². The molecule has 252 valence electrons. The molecule has 6 aliphatic rings. The summed E-state index contributed by atoms with van der Waals surface area (Å²) in [6.45, 7) is 15.1. The molecule has 1 saturated heterocycles. The predicted octanol–water partition coefficient (Wildman–Crippen LogP) is 6.29. The number of carbonyl (C=O) groups excluding carboxylic acids is 2.